The van der Waals surface area contributed by atoms with Crippen molar-refractivity contribution in [1.29, 1.82) is 0 Å². The van der Waals surface area contributed by atoms with Gasteiger partial charge in [0.05, 0.1) is 23.2 Å². The Morgan fingerprint density at radius 2 is 1.90 bits per heavy atom. The minimum Gasteiger partial charge on any atom is -0.304 e. The van der Waals surface area contributed by atoms with Gasteiger partial charge in [-0.3, -0.25) is 4.79 Å². The number of thioether (sulfide) groups is 1. The van der Waals surface area contributed by atoms with Crippen LogP contribution in [0.15, 0.2) is 71.2 Å². The molecule has 0 bridgehead atoms. The highest BCUT2D eigenvalue weighted by Gasteiger charge is 2.31. The third-order valence-corrected chi connectivity index (χ3v) is 6.66. The van der Waals surface area contributed by atoms with Gasteiger partial charge in [0, 0.05) is 11.1 Å². The molecule has 11 heteroatoms. The van der Waals surface area contributed by atoms with Crippen molar-refractivity contribution in [3.05, 3.63) is 71.9 Å². The molecule has 0 spiro atoms. The van der Waals surface area contributed by atoms with E-state index in [0.717, 1.165) is 22.9 Å². The maximum absolute atomic E-state index is 13.3. The van der Waals surface area contributed by atoms with Crippen LogP contribution in [0.4, 0.5) is 10.1 Å². The number of para-hydroxylation sites is 1. The van der Waals surface area contributed by atoms with Crippen molar-refractivity contribution in [2.24, 2.45) is 0 Å². The van der Waals surface area contributed by atoms with Crippen LogP contribution in [0.25, 0.3) is 5.69 Å². The summed E-state index contributed by atoms with van der Waals surface area (Å²) in [6.07, 6.45) is 1.47. The summed E-state index contributed by atoms with van der Waals surface area (Å²) in [7, 11) is -3.38. The molecule has 30 heavy (non-hydrogen) atoms. The van der Waals surface area contributed by atoms with Gasteiger partial charge in [0.1, 0.15) is 5.82 Å². The van der Waals surface area contributed by atoms with Crippen molar-refractivity contribution in [1.82, 2.24) is 20.2 Å². The summed E-state index contributed by atoms with van der Waals surface area (Å²) in [5.41, 5.74) is 1.16. The molecule has 0 fully saturated rings. The highest BCUT2D eigenvalue weighted by molar-refractivity contribution is 7.99. The van der Waals surface area contributed by atoms with Crippen molar-refractivity contribution in [2.45, 2.75) is 11.2 Å². The minimum atomic E-state index is -3.38. The number of rotatable bonds is 6. The van der Waals surface area contributed by atoms with Gasteiger partial charge in [0.15, 0.2) is 9.84 Å². The van der Waals surface area contributed by atoms with Gasteiger partial charge in [-0.1, -0.05) is 30.0 Å². The van der Waals surface area contributed by atoms with E-state index < -0.39 is 21.7 Å². The Balaban J connectivity index is 1.55. The third-order valence-electron chi connectivity index (χ3n) is 4.38. The van der Waals surface area contributed by atoms with Gasteiger partial charge in [0.25, 0.3) is 0 Å². The summed E-state index contributed by atoms with van der Waals surface area (Å²) < 4.78 is 38.6. The molecule has 1 amide bonds. The van der Waals surface area contributed by atoms with Gasteiger partial charge in [-0.05, 0) is 52.9 Å². The van der Waals surface area contributed by atoms with E-state index in [-0.39, 0.29) is 17.4 Å². The van der Waals surface area contributed by atoms with Crippen LogP contribution in [-0.2, 0) is 14.6 Å². The predicted octanol–water partition coefficient (Wildman–Crippen LogP) is 2.24. The number of benzene rings is 2. The van der Waals surface area contributed by atoms with E-state index in [9.17, 15) is 17.6 Å². The first-order chi connectivity index (χ1) is 14.4. The Kier molecular flexibility index (Phi) is 5.64. The van der Waals surface area contributed by atoms with E-state index in [2.05, 4.69) is 15.5 Å². The van der Waals surface area contributed by atoms with E-state index in [1.165, 1.54) is 39.9 Å². The number of amides is 1. The quantitative estimate of drug-likeness (QED) is 0.537. The fourth-order valence-electron chi connectivity index (χ4n) is 3.04. The topological polar surface area (TPSA) is 98.1 Å². The second-order valence-electron chi connectivity index (χ2n) is 6.46. The van der Waals surface area contributed by atoms with E-state index in [0.29, 0.717) is 10.8 Å². The van der Waals surface area contributed by atoms with E-state index in [1.807, 2.05) is 30.3 Å². The molecule has 0 aliphatic carbocycles. The Hall–Kier alpha value is -3.05. The van der Waals surface area contributed by atoms with E-state index in [4.69, 9.17) is 0 Å². The molecule has 2 aromatic carbocycles. The largest absolute Gasteiger partial charge is 0.304 e. The van der Waals surface area contributed by atoms with Crippen LogP contribution >= 0.6 is 11.8 Å². The lowest BCUT2D eigenvalue weighted by molar-refractivity contribution is -0.116. The van der Waals surface area contributed by atoms with Crippen LogP contribution in [0.3, 0.4) is 0 Å². The first-order valence-electron chi connectivity index (χ1n) is 8.88. The molecular weight excluding hydrogens is 429 g/mol. The first kappa shape index (κ1) is 20.2. The molecule has 1 atom stereocenters. The standard InChI is InChI=1S/C19H16FN5O3S2/c20-14-6-8-15(9-7-14)24(17-10-11-30(27,28)13-17)18(26)12-29-19-21-22-23-25(19)16-4-2-1-3-5-16/h1-11,17H,12-13H2. The summed E-state index contributed by atoms with van der Waals surface area (Å²) >= 11 is 1.13. The number of hydrogen-bond acceptors (Lipinski definition) is 7. The van der Waals surface area contributed by atoms with Crippen LogP contribution in [0, 0.1) is 5.82 Å². The Morgan fingerprint density at radius 3 is 2.57 bits per heavy atom. The van der Waals surface area contributed by atoms with E-state index >= 15 is 0 Å². The summed E-state index contributed by atoms with van der Waals surface area (Å²) in [5.74, 6) is -1.05. The molecule has 0 N–H and O–H groups in total. The summed E-state index contributed by atoms with van der Waals surface area (Å²) in [6, 6.07) is 13.9. The summed E-state index contributed by atoms with van der Waals surface area (Å²) in [4.78, 5) is 14.4. The van der Waals surface area contributed by atoms with Crippen LogP contribution in [0.5, 0.6) is 0 Å². The predicted molar refractivity (Wildman–Crippen MR) is 110 cm³/mol. The Morgan fingerprint density at radius 1 is 1.17 bits per heavy atom. The molecule has 1 aliphatic heterocycles. The van der Waals surface area contributed by atoms with Gasteiger partial charge in [-0.2, -0.15) is 4.68 Å². The summed E-state index contributed by atoms with van der Waals surface area (Å²) in [6.45, 7) is 0. The lowest BCUT2D eigenvalue weighted by atomic mass is 10.2. The third kappa shape index (κ3) is 4.41. The first-order valence-corrected chi connectivity index (χ1v) is 11.6. The SMILES string of the molecule is O=C(CSc1nnnn1-c1ccccc1)N(c1ccc(F)cc1)C1C=CS(=O)(=O)C1. The number of aromatic nitrogens is 4. The van der Waals surface area contributed by atoms with Crippen LogP contribution in [0.1, 0.15) is 0 Å². The normalized spacial score (nSPS) is 17.2. The number of carbonyl (C=O) groups is 1. The van der Waals surface area contributed by atoms with Crippen molar-refractivity contribution >= 4 is 33.2 Å². The molecule has 1 aliphatic rings. The molecule has 1 unspecified atom stereocenters. The van der Waals surface area contributed by atoms with Gasteiger partial charge >= 0.3 is 0 Å². The number of hydrogen-bond donors (Lipinski definition) is 0. The number of sulfone groups is 1. The smallest absolute Gasteiger partial charge is 0.238 e. The van der Waals surface area contributed by atoms with E-state index in [1.54, 1.807) is 0 Å². The van der Waals surface area contributed by atoms with Gasteiger partial charge in [-0.15, -0.1) is 5.10 Å². The lowest BCUT2D eigenvalue weighted by Crippen LogP contribution is -2.42. The summed E-state index contributed by atoms with van der Waals surface area (Å²) in [5, 5.41) is 13.1. The molecule has 4 rings (SSSR count). The number of halogens is 1. The van der Waals surface area contributed by atoms with Gasteiger partial charge < -0.3 is 4.90 Å². The molecule has 3 aromatic rings. The molecule has 1 aromatic heterocycles. The van der Waals surface area contributed by atoms with Crippen molar-refractivity contribution < 1.29 is 17.6 Å². The monoisotopic (exact) mass is 445 g/mol. The molecule has 0 saturated carbocycles. The van der Waals surface area contributed by atoms with Crippen LogP contribution in [-0.4, -0.2) is 52.1 Å². The second-order valence-corrected chi connectivity index (χ2v) is 9.34. The molecule has 0 radical (unpaired) electrons. The number of carbonyl (C=O) groups excluding carboxylic acids is 1. The molecule has 154 valence electrons. The molecule has 2 heterocycles. The zero-order valence-corrected chi connectivity index (χ0v) is 17.1. The van der Waals surface area contributed by atoms with Crippen molar-refractivity contribution in [3.8, 4) is 5.69 Å². The van der Waals surface area contributed by atoms with Gasteiger partial charge in [-0.25, -0.2) is 12.8 Å². The number of nitrogens with zero attached hydrogens (tertiary/aromatic N) is 5. The van der Waals surface area contributed by atoms with Crippen LogP contribution in [0.2, 0.25) is 0 Å². The molecular formula is C19H16FN5O3S2. The fourth-order valence-corrected chi connectivity index (χ4v) is 5.06. The average Bonchev–Trinajstić information content (AvgIpc) is 3.35. The lowest BCUT2D eigenvalue weighted by Gasteiger charge is -2.27. The Labute approximate surface area is 176 Å². The molecule has 0 saturated heterocycles. The number of anilines is 1. The molecule has 8 nitrogen and oxygen atoms in total. The zero-order chi connectivity index (χ0) is 21.1. The van der Waals surface area contributed by atoms with Crippen molar-refractivity contribution in [3.63, 3.8) is 0 Å². The number of tetrazole rings is 1. The zero-order valence-electron chi connectivity index (χ0n) is 15.5. The van der Waals surface area contributed by atoms with Crippen molar-refractivity contribution in [2.75, 3.05) is 16.4 Å². The second kappa shape index (κ2) is 8.36. The fraction of sp³-hybridized carbons (Fsp3) is 0.158. The average molecular weight is 446 g/mol. The minimum absolute atomic E-state index is 0.0328. The Bertz CT molecular complexity index is 1180. The maximum Gasteiger partial charge on any atom is 0.238 e. The maximum atomic E-state index is 13.3. The highest BCUT2D eigenvalue weighted by atomic mass is 32.2. The highest BCUT2D eigenvalue weighted by Crippen LogP contribution is 2.26. The van der Waals surface area contributed by atoms with Gasteiger partial charge in [0.2, 0.25) is 11.1 Å². The van der Waals surface area contributed by atoms with Crippen LogP contribution < -0.4 is 4.90 Å².